The molecule has 2 heterocycles. The zero-order valence-electron chi connectivity index (χ0n) is 8.55. The fraction of sp³-hybridized carbons (Fsp3) is 0.300. The summed E-state index contributed by atoms with van der Waals surface area (Å²) < 4.78 is 24.9. The minimum atomic E-state index is -3.09. The van der Waals surface area contributed by atoms with E-state index in [1.54, 1.807) is 6.20 Å². The zero-order chi connectivity index (χ0) is 11.2. The summed E-state index contributed by atoms with van der Waals surface area (Å²) in [7, 11) is -3.09. The molecule has 0 atom stereocenters. The summed E-state index contributed by atoms with van der Waals surface area (Å²) in [5.74, 6) is 0.244. The van der Waals surface area contributed by atoms with E-state index < -0.39 is 10.0 Å². The Morgan fingerprint density at radius 2 is 2.25 bits per heavy atom. The predicted molar refractivity (Wildman–Crippen MR) is 61.8 cm³/mol. The third kappa shape index (κ3) is 1.37. The van der Waals surface area contributed by atoms with Crippen molar-refractivity contribution in [2.75, 3.05) is 16.6 Å². The molecule has 1 N–H and O–H groups in total. The van der Waals surface area contributed by atoms with E-state index in [0.717, 1.165) is 10.9 Å². The Kier molecular flexibility index (Phi) is 1.94. The highest BCUT2D eigenvalue weighted by Gasteiger charge is 2.28. The fourth-order valence-electron chi connectivity index (χ4n) is 2.01. The van der Waals surface area contributed by atoms with Crippen molar-refractivity contribution < 1.29 is 8.42 Å². The average molecular weight is 237 g/mol. The molecule has 2 aromatic rings. The number of anilines is 1. The Morgan fingerprint density at radius 1 is 1.38 bits per heavy atom. The quantitative estimate of drug-likeness (QED) is 0.807. The van der Waals surface area contributed by atoms with E-state index in [4.69, 9.17) is 0 Å². The molecule has 1 fully saturated rings. The van der Waals surface area contributed by atoms with Crippen molar-refractivity contribution in [1.29, 1.82) is 0 Å². The number of aromatic nitrogens is 2. The number of hydrogen-bond donors (Lipinski definition) is 1. The van der Waals surface area contributed by atoms with Gasteiger partial charge in [0.25, 0.3) is 0 Å². The van der Waals surface area contributed by atoms with Crippen molar-refractivity contribution in [2.45, 2.75) is 6.42 Å². The van der Waals surface area contributed by atoms with Crippen LogP contribution >= 0.6 is 0 Å². The number of aromatic amines is 1. The molecule has 5 nitrogen and oxygen atoms in total. The number of sulfonamides is 1. The second kappa shape index (κ2) is 3.21. The van der Waals surface area contributed by atoms with Gasteiger partial charge in [0.1, 0.15) is 0 Å². The summed E-state index contributed by atoms with van der Waals surface area (Å²) in [5, 5.41) is 7.74. The van der Waals surface area contributed by atoms with Gasteiger partial charge < -0.3 is 0 Å². The molecule has 0 spiro atoms. The molecule has 6 heteroatoms. The van der Waals surface area contributed by atoms with Crippen LogP contribution in [0.25, 0.3) is 10.9 Å². The van der Waals surface area contributed by atoms with E-state index in [2.05, 4.69) is 10.2 Å². The molecule has 84 valence electrons. The van der Waals surface area contributed by atoms with Crippen LogP contribution < -0.4 is 4.31 Å². The maximum atomic E-state index is 11.7. The van der Waals surface area contributed by atoms with Gasteiger partial charge in [-0.1, -0.05) is 0 Å². The molecule has 3 rings (SSSR count). The van der Waals surface area contributed by atoms with Gasteiger partial charge in [-0.2, -0.15) is 5.10 Å². The number of benzene rings is 1. The number of rotatable bonds is 1. The molecular formula is C10H11N3O2S. The van der Waals surface area contributed by atoms with Crippen LogP contribution in [0.2, 0.25) is 0 Å². The van der Waals surface area contributed by atoms with Crippen molar-refractivity contribution in [2.24, 2.45) is 0 Å². The van der Waals surface area contributed by atoms with Crippen LogP contribution in [-0.2, 0) is 10.0 Å². The molecule has 0 amide bonds. The van der Waals surface area contributed by atoms with E-state index in [0.29, 0.717) is 18.7 Å². The largest absolute Gasteiger partial charge is 0.278 e. The maximum Gasteiger partial charge on any atom is 0.235 e. The Bertz CT molecular complexity index is 632. The molecule has 16 heavy (non-hydrogen) atoms. The first-order chi connectivity index (χ1) is 7.67. The lowest BCUT2D eigenvalue weighted by Gasteiger charge is -2.16. The maximum absolute atomic E-state index is 11.7. The average Bonchev–Trinajstić information content (AvgIpc) is 2.82. The molecular weight excluding hydrogens is 226 g/mol. The second-order valence-electron chi connectivity index (χ2n) is 3.88. The van der Waals surface area contributed by atoms with Gasteiger partial charge in [-0.15, -0.1) is 0 Å². The first kappa shape index (κ1) is 9.65. The lowest BCUT2D eigenvalue weighted by molar-refractivity contribution is 0.599. The number of H-pyrrole nitrogens is 1. The third-order valence-electron chi connectivity index (χ3n) is 2.81. The molecule has 0 radical (unpaired) electrons. The van der Waals surface area contributed by atoms with Gasteiger partial charge in [0.05, 0.1) is 23.2 Å². The van der Waals surface area contributed by atoms with Crippen molar-refractivity contribution in [3.63, 3.8) is 0 Å². The predicted octanol–water partition coefficient (Wildman–Crippen LogP) is 1.10. The molecule has 0 aliphatic carbocycles. The van der Waals surface area contributed by atoms with E-state index in [-0.39, 0.29) is 5.75 Å². The lowest BCUT2D eigenvalue weighted by atomic mass is 10.2. The van der Waals surface area contributed by atoms with Crippen LogP contribution in [0.5, 0.6) is 0 Å². The Balaban J connectivity index is 2.12. The molecule has 1 aromatic heterocycles. The number of hydrogen-bond acceptors (Lipinski definition) is 3. The molecule has 0 saturated carbocycles. The van der Waals surface area contributed by atoms with Gasteiger partial charge >= 0.3 is 0 Å². The summed E-state index contributed by atoms with van der Waals surface area (Å²) in [6.07, 6.45) is 2.42. The summed E-state index contributed by atoms with van der Waals surface area (Å²) in [6.45, 7) is 0.571. The van der Waals surface area contributed by atoms with Crippen LogP contribution in [0.1, 0.15) is 6.42 Å². The Morgan fingerprint density at radius 3 is 3.00 bits per heavy atom. The van der Waals surface area contributed by atoms with E-state index in [9.17, 15) is 8.42 Å². The molecule has 0 bridgehead atoms. The van der Waals surface area contributed by atoms with Crippen molar-refractivity contribution in [3.05, 3.63) is 24.4 Å². The molecule has 1 saturated heterocycles. The number of fused-ring (bicyclic) bond motifs is 1. The van der Waals surface area contributed by atoms with Gasteiger partial charge in [-0.3, -0.25) is 9.40 Å². The van der Waals surface area contributed by atoms with Crippen LogP contribution in [-0.4, -0.2) is 30.9 Å². The second-order valence-corrected chi connectivity index (χ2v) is 5.90. The highest BCUT2D eigenvalue weighted by atomic mass is 32.2. The van der Waals surface area contributed by atoms with Gasteiger partial charge in [0.15, 0.2) is 0 Å². The van der Waals surface area contributed by atoms with Gasteiger partial charge in [-0.25, -0.2) is 8.42 Å². The van der Waals surface area contributed by atoms with Crippen LogP contribution in [0.3, 0.4) is 0 Å². The van der Waals surface area contributed by atoms with Crippen molar-refractivity contribution >= 4 is 26.6 Å². The SMILES string of the molecule is O=S1(=O)CCCN1c1ccc2cn[nH]c2c1. The van der Waals surface area contributed by atoms with E-state index in [1.165, 1.54) is 4.31 Å². The molecule has 0 unspecified atom stereocenters. The molecule has 1 aliphatic heterocycles. The van der Waals surface area contributed by atoms with Crippen molar-refractivity contribution in [1.82, 2.24) is 10.2 Å². The summed E-state index contributed by atoms with van der Waals surface area (Å²) >= 11 is 0. The first-order valence-electron chi connectivity index (χ1n) is 5.10. The Labute approximate surface area is 93.1 Å². The number of nitrogens with one attached hydrogen (secondary N) is 1. The zero-order valence-corrected chi connectivity index (χ0v) is 9.37. The molecule has 1 aromatic carbocycles. The van der Waals surface area contributed by atoms with E-state index >= 15 is 0 Å². The van der Waals surface area contributed by atoms with Gasteiger partial charge in [0.2, 0.25) is 10.0 Å². The van der Waals surface area contributed by atoms with E-state index in [1.807, 2.05) is 18.2 Å². The smallest absolute Gasteiger partial charge is 0.235 e. The Hall–Kier alpha value is -1.56. The van der Waals surface area contributed by atoms with Gasteiger partial charge in [-0.05, 0) is 24.6 Å². The van der Waals surface area contributed by atoms with Gasteiger partial charge in [0, 0.05) is 11.9 Å². The van der Waals surface area contributed by atoms with Crippen LogP contribution in [0.4, 0.5) is 5.69 Å². The minimum absolute atomic E-state index is 0.244. The van der Waals surface area contributed by atoms with Crippen LogP contribution in [0.15, 0.2) is 24.4 Å². The number of nitrogens with zero attached hydrogens (tertiary/aromatic N) is 2. The first-order valence-corrected chi connectivity index (χ1v) is 6.71. The summed E-state index contributed by atoms with van der Waals surface area (Å²) in [6, 6.07) is 5.52. The standard InChI is InChI=1S/C10H11N3O2S/c14-16(15)5-1-4-13(16)9-3-2-8-7-11-12-10(8)6-9/h2-3,6-7H,1,4-5H2,(H,11,12). The highest BCUT2D eigenvalue weighted by Crippen LogP contribution is 2.26. The van der Waals surface area contributed by atoms with Crippen molar-refractivity contribution in [3.8, 4) is 0 Å². The minimum Gasteiger partial charge on any atom is -0.278 e. The fourth-order valence-corrected chi connectivity index (χ4v) is 3.57. The summed E-state index contributed by atoms with van der Waals surface area (Å²) in [5.41, 5.74) is 1.58. The molecule has 1 aliphatic rings. The highest BCUT2D eigenvalue weighted by molar-refractivity contribution is 7.93. The third-order valence-corrected chi connectivity index (χ3v) is 4.68. The normalized spacial score (nSPS) is 19.4. The monoisotopic (exact) mass is 237 g/mol. The van der Waals surface area contributed by atoms with Crippen LogP contribution in [0, 0.1) is 0 Å². The topological polar surface area (TPSA) is 66.1 Å². The lowest BCUT2D eigenvalue weighted by Crippen LogP contribution is -2.24. The summed E-state index contributed by atoms with van der Waals surface area (Å²) in [4.78, 5) is 0.